The first-order chi connectivity index (χ1) is 8.33. The Balaban J connectivity index is 1.96. The average molecular weight is 222 g/mol. The second kappa shape index (κ2) is 4.06. The van der Waals surface area contributed by atoms with Crippen LogP contribution in [0.15, 0.2) is 53.5 Å². The lowest BCUT2D eigenvalue weighted by molar-refractivity contribution is 1.04. The number of amidine groups is 1. The zero-order valence-corrected chi connectivity index (χ0v) is 9.77. The molecule has 0 amide bonds. The fourth-order valence-corrected chi connectivity index (χ4v) is 2.04. The molecule has 1 N–H and O–H groups in total. The number of benzene rings is 2. The second-order valence-corrected chi connectivity index (χ2v) is 4.32. The molecule has 84 valence electrons. The van der Waals surface area contributed by atoms with Crippen LogP contribution < -0.4 is 5.32 Å². The van der Waals surface area contributed by atoms with Crippen LogP contribution in [0, 0.1) is 6.92 Å². The minimum Gasteiger partial charge on any atom is -0.340 e. The molecule has 3 rings (SSSR count). The Hall–Kier alpha value is -2.09. The van der Waals surface area contributed by atoms with Crippen LogP contribution in [0.25, 0.3) is 0 Å². The van der Waals surface area contributed by atoms with E-state index in [2.05, 4.69) is 47.6 Å². The summed E-state index contributed by atoms with van der Waals surface area (Å²) in [6, 6.07) is 16.7. The summed E-state index contributed by atoms with van der Waals surface area (Å²) in [7, 11) is 0. The van der Waals surface area contributed by atoms with Crippen molar-refractivity contribution in [1.29, 1.82) is 0 Å². The molecule has 2 aromatic carbocycles. The van der Waals surface area contributed by atoms with E-state index < -0.39 is 0 Å². The van der Waals surface area contributed by atoms with Crippen molar-refractivity contribution in [2.45, 2.75) is 13.5 Å². The molecule has 2 nitrogen and oxygen atoms in total. The number of fused-ring (bicyclic) bond motifs is 1. The molecule has 0 spiro atoms. The average Bonchev–Trinajstić information content (AvgIpc) is 2.39. The molecule has 2 heteroatoms. The van der Waals surface area contributed by atoms with Crippen molar-refractivity contribution in [2.24, 2.45) is 4.99 Å². The largest absolute Gasteiger partial charge is 0.340 e. The number of aliphatic imine (C=N–C) groups is 1. The summed E-state index contributed by atoms with van der Waals surface area (Å²) in [6.07, 6.45) is 0. The Morgan fingerprint density at radius 1 is 1.06 bits per heavy atom. The molecule has 0 unspecified atom stereocenters. The standard InChI is InChI=1S/C15H14N2/c1-11-7-8-13-10-16-15(17-14(13)9-11)12-5-3-2-4-6-12/h2-9H,10H2,1H3,(H,16,17). The fourth-order valence-electron chi connectivity index (χ4n) is 2.04. The van der Waals surface area contributed by atoms with Gasteiger partial charge in [0.25, 0.3) is 0 Å². The number of nitrogens with one attached hydrogen (secondary N) is 1. The first-order valence-corrected chi connectivity index (χ1v) is 5.79. The Kier molecular flexibility index (Phi) is 2.41. The van der Waals surface area contributed by atoms with E-state index in [4.69, 9.17) is 0 Å². The van der Waals surface area contributed by atoms with Crippen molar-refractivity contribution in [3.8, 4) is 0 Å². The molecule has 0 radical (unpaired) electrons. The summed E-state index contributed by atoms with van der Waals surface area (Å²) in [4.78, 5) is 4.58. The van der Waals surface area contributed by atoms with Gasteiger partial charge in [-0.05, 0) is 24.1 Å². The quantitative estimate of drug-likeness (QED) is 0.786. The SMILES string of the molecule is Cc1ccc2c(c1)NC(c1ccccc1)=NC2. The van der Waals surface area contributed by atoms with Gasteiger partial charge < -0.3 is 5.32 Å². The second-order valence-electron chi connectivity index (χ2n) is 4.32. The maximum atomic E-state index is 4.58. The van der Waals surface area contributed by atoms with Crippen LogP contribution >= 0.6 is 0 Å². The van der Waals surface area contributed by atoms with Crippen molar-refractivity contribution < 1.29 is 0 Å². The van der Waals surface area contributed by atoms with Crippen molar-refractivity contribution in [2.75, 3.05) is 5.32 Å². The molecule has 2 aromatic rings. The first-order valence-electron chi connectivity index (χ1n) is 5.79. The van der Waals surface area contributed by atoms with E-state index in [0.29, 0.717) is 0 Å². The Bertz CT molecular complexity index is 571. The third-order valence-electron chi connectivity index (χ3n) is 2.97. The van der Waals surface area contributed by atoms with Crippen molar-refractivity contribution >= 4 is 11.5 Å². The molecule has 17 heavy (non-hydrogen) atoms. The molecule has 0 aliphatic carbocycles. The van der Waals surface area contributed by atoms with Gasteiger partial charge in [-0.1, -0.05) is 42.5 Å². The number of hydrogen-bond donors (Lipinski definition) is 1. The lowest BCUT2D eigenvalue weighted by atomic mass is 10.1. The van der Waals surface area contributed by atoms with E-state index >= 15 is 0 Å². The highest BCUT2D eigenvalue weighted by Gasteiger charge is 2.12. The molecule has 0 bridgehead atoms. The van der Waals surface area contributed by atoms with Gasteiger partial charge in [-0.15, -0.1) is 0 Å². The minimum absolute atomic E-state index is 0.757. The Morgan fingerprint density at radius 3 is 2.71 bits per heavy atom. The Morgan fingerprint density at radius 2 is 1.88 bits per heavy atom. The van der Waals surface area contributed by atoms with Crippen LogP contribution in [0.4, 0.5) is 5.69 Å². The molecule has 1 aliphatic rings. The van der Waals surface area contributed by atoms with Crippen LogP contribution in [-0.2, 0) is 6.54 Å². The molecule has 0 saturated carbocycles. The van der Waals surface area contributed by atoms with E-state index in [-0.39, 0.29) is 0 Å². The third-order valence-corrected chi connectivity index (χ3v) is 2.97. The first kappa shape index (κ1) is 10.1. The van der Waals surface area contributed by atoms with Gasteiger partial charge in [-0.3, -0.25) is 4.99 Å². The highest BCUT2D eigenvalue weighted by molar-refractivity contribution is 6.09. The van der Waals surface area contributed by atoms with E-state index in [1.54, 1.807) is 0 Å². The zero-order chi connectivity index (χ0) is 11.7. The third kappa shape index (κ3) is 1.94. The van der Waals surface area contributed by atoms with Crippen molar-refractivity contribution in [1.82, 2.24) is 0 Å². The van der Waals surface area contributed by atoms with E-state index in [0.717, 1.165) is 17.9 Å². The van der Waals surface area contributed by atoms with Gasteiger partial charge in [0.1, 0.15) is 5.84 Å². The number of anilines is 1. The van der Waals surface area contributed by atoms with Gasteiger partial charge in [0.05, 0.1) is 6.54 Å². The number of aryl methyl sites for hydroxylation is 1. The Labute approximate surface area is 101 Å². The van der Waals surface area contributed by atoms with E-state index in [1.165, 1.54) is 16.8 Å². The van der Waals surface area contributed by atoms with Crippen molar-refractivity contribution in [3.63, 3.8) is 0 Å². The highest BCUT2D eigenvalue weighted by atomic mass is 15.0. The number of nitrogens with zero attached hydrogens (tertiary/aromatic N) is 1. The topological polar surface area (TPSA) is 24.4 Å². The molecule has 1 heterocycles. The molecule has 0 saturated heterocycles. The lowest BCUT2D eigenvalue weighted by Crippen LogP contribution is -2.18. The van der Waals surface area contributed by atoms with Gasteiger partial charge in [0.15, 0.2) is 0 Å². The molecule has 0 fully saturated rings. The van der Waals surface area contributed by atoms with Gasteiger partial charge >= 0.3 is 0 Å². The van der Waals surface area contributed by atoms with Crippen molar-refractivity contribution in [3.05, 3.63) is 65.2 Å². The van der Waals surface area contributed by atoms with E-state index in [1.807, 2.05) is 18.2 Å². The van der Waals surface area contributed by atoms with Crippen LogP contribution in [0.5, 0.6) is 0 Å². The van der Waals surface area contributed by atoms with Crippen LogP contribution in [0.1, 0.15) is 16.7 Å². The van der Waals surface area contributed by atoms with Gasteiger partial charge in [-0.2, -0.15) is 0 Å². The van der Waals surface area contributed by atoms with Crippen LogP contribution in [0.2, 0.25) is 0 Å². The summed E-state index contributed by atoms with van der Waals surface area (Å²) in [6.45, 7) is 2.86. The fraction of sp³-hybridized carbons (Fsp3) is 0.133. The predicted molar refractivity (Wildman–Crippen MR) is 71.5 cm³/mol. The number of hydrogen-bond acceptors (Lipinski definition) is 2. The molecular weight excluding hydrogens is 208 g/mol. The van der Waals surface area contributed by atoms with Gasteiger partial charge in [0, 0.05) is 11.3 Å². The van der Waals surface area contributed by atoms with Gasteiger partial charge in [-0.25, -0.2) is 0 Å². The zero-order valence-electron chi connectivity index (χ0n) is 9.77. The highest BCUT2D eigenvalue weighted by Crippen LogP contribution is 2.23. The van der Waals surface area contributed by atoms with Gasteiger partial charge in [0.2, 0.25) is 0 Å². The summed E-state index contributed by atoms with van der Waals surface area (Å²) in [5.74, 6) is 0.962. The summed E-state index contributed by atoms with van der Waals surface area (Å²) < 4.78 is 0. The van der Waals surface area contributed by atoms with E-state index in [9.17, 15) is 0 Å². The minimum atomic E-state index is 0.757. The maximum absolute atomic E-state index is 4.58. The molecule has 1 aliphatic heterocycles. The predicted octanol–water partition coefficient (Wildman–Crippen LogP) is 3.37. The molecule has 0 aromatic heterocycles. The van der Waals surface area contributed by atoms with Crippen LogP contribution in [0.3, 0.4) is 0 Å². The van der Waals surface area contributed by atoms with Crippen LogP contribution in [-0.4, -0.2) is 5.84 Å². The molecular formula is C15H14N2. The summed E-state index contributed by atoms with van der Waals surface area (Å²) in [5.41, 5.74) is 4.85. The monoisotopic (exact) mass is 222 g/mol. The maximum Gasteiger partial charge on any atom is 0.133 e. The molecule has 0 atom stereocenters. The summed E-state index contributed by atoms with van der Waals surface area (Å²) in [5, 5.41) is 3.40. The summed E-state index contributed by atoms with van der Waals surface area (Å²) >= 11 is 0. The lowest BCUT2D eigenvalue weighted by Gasteiger charge is -2.19. The smallest absolute Gasteiger partial charge is 0.133 e. The normalized spacial score (nSPS) is 13.6. The number of rotatable bonds is 1.